The molecule has 1 rings (SSSR count). The van der Waals surface area contributed by atoms with Gasteiger partial charge in [-0.2, -0.15) is 0 Å². The topological polar surface area (TPSA) is 41.5 Å². The number of ether oxygens (including phenoxy) is 1. The average molecular weight is 285 g/mol. The Balaban J connectivity index is 1.99. The van der Waals surface area contributed by atoms with Gasteiger partial charge in [-0.3, -0.25) is 0 Å². The second-order valence-electron chi connectivity index (χ2n) is 6.72. The molecule has 1 fully saturated rings. The first kappa shape index (κ1) is 17.9. The monoisotopic (exact) mass is 285 g/mol. The Hall–Kier alpha value is -0.120. The van der Waals surface area contributed by atoms with Gasteiger partial charge in [0.2, 0.25) is 0 Å². The largest absolute Gasteiger partial charge is 0.389 e. The van der Waals surface area contributed by atoms with Gasteiger partial charge in [0.1, 0.15) is 0 Å². The second kappa shape index (κ2) is 11.5. The lowest BCUT2D eigenvalue weighted by atomic mass is 9.96. The number of aliphatic hydroxyl groups is 1. The van der Waals surface area contributed by atoms with Crippen LogP contribution < -0.4 is 5.32 Å². The minimum atomic E-state index is -0.362. The molecule has 120 valence electrons. The lowest BCUT2D eigenvalue weighted by Crippen LogP contribution is -2.37. The SMILES string of the molecule is CC(C)CCCOCC(O)CNC1CCCCCCC1. The van der Waals surface area contributed by atoms with Crippen molar-refractivity contribution in [2.75, 3.05) is 19.8 Å². The predicted molar refractivity (Wildman–Crippen MR) is 85.0 cm³/mol. The molecule has 1 aliphatic rings. The van der Waals surface area contributed by atoms with E-state index in [1.807, 2.05) is 0 Å². The fourth-order valence-electron chi connectivity index (χ4n) is 2.83. The first-order valence-electron chi connectivity index (χ1n) is 8.67. The van der Waals surface area contributed by atoms with E-state index in [1.165, 1.54) is 51.4 Å². The maximum atomic E-state index is 9.93. The zero-order valence-corrected chi connectivity index (χ0v) is 13.6. The van der Waals surface area contributed by atoms with E-state index < -0.39 is 0 Å². The van der Waals surface area contributed by atoms with Crippen molar-refractivity contribution in [2.24, 2.45) is 5.92 Å². The third-order valence-corrected chi connectivity index (χ3v) is 4.13. The van der Waals surface area contributed by atoms with Crippen LogP contribution in [-0.2, 0) is 4.74 Å². The molecular formula is C17H35NO2. The first-order valence-corrected chi connectivity index (χ1v) is 8.67. The lowest BCUT2D eigenvalue weighted by Gasteiger charge is -2.22. The molecule has 0 saturated heterocycles. The number of aliphatic hydroxyl groups excluding tert-OH is 1. The molecule has 1 aliphatic carbocycles. The highest BCUT2D eigenvalue weighted by atomic mass is 16.5. The van der Waals surface area contributed by atoms with Gasteiger partial charge in [-0.15, -0.1) is 0 Å². The summed E-state index contributed by atoms with van der Waals surface area (Å²) in [5, 5.41) is 13.4. The van der Waals surface area contributed by atoms with Crippen LogP contribution in [0, 0.1) is 5.92 Å². The molecule has 0 aromatic carbocycles. The molecule has 0 radical (unpaired) electrons. The molecule has 0 aromatic heterocycles. The molecule has 0 heterocycles. The molecule has 2 N–H and O–H groups in total. The van der Waals surface area contributed by atoms with E-state index in [2.05, 4.69) is 19.2 Å². The van der Waals surface area contributed by atoms with E-state index in [0.717, 1.165) is 18.9 Å². The van der Waals surface area contributed by atoms with E-state index in [4.69, 9.17) is 4.74 Å². The molecule has 1 atom stereocenters. The number of nitrogens with one attached hydrogen (secondary N) is 1. The van der Waals surface area contributed by atoms with Crippen molar-refractivity contribution in [2.45, 2.75) is 83.8 Å². The summed E-state index contributed by atoms with van der Waals surface area (Å²) in [6.07, 6.45) is 11.3. The average Bonchev–Trinajstić information content (AvgIpc) is 2.36. The number of hydrogen-bond acceptors (Lipinski definition) is 3. The Morgan fingerprint density at radius 1 is 1.10 bits per heavy atom. The van der Waals surface area contributed by atoms with Crippen molar-refractivity contribution < 1.29 is 9.84 Å². The van der Waals surface area contributed by atoms with Crippen molar-refractivity contribution in [3.8, 4) is 0 Å². The standard InChI is InChI=1S/C17H35NO2/c1-15(2)9-8-12-20-14-17(19)13-18-16-10-6-4-3-5-7-11-16/h15-19H,3-14H2,1-2H3. The molecule has 3 heteroatoms. The van der Waals surface area contributed by atoms with E-state index in [0.29, 0.717) is 19.2 Å². The van der Waals surface area contributed by atoms with Crippen LogP contribution in [0.15, 0.2) is 0 Å². The van der Waals surface area contributed by atoms with Crippen molar-refractivity contribution in [3.05, 3.63) is 0 Å². The third-order valence-electron chi connectivity index (χ3n) is 4.13. The van der Waals surface area contributed by atoms with E-state index in [-0.39, 0.29) is 6.10 Å². The molecule has 0 spiro atoms. The summed E-state index contributed by atoms with van der Waals surface area (Å²) in [6, 6.07) is 0.603. The minimum Gasteiger partial charge on any atom is -0.389 e. The van der Waals surface area contributed by atoms with Gasteiger partial charge in [0.25, 0.3) is 0 Å². The van der Waals surface area contributed by atoms with Crippen molar-refractivity contribution in [3.63, 3.8) is 0 Å². The van der Waals surface area contributed by atoms with E-state index in [1.54, 1.807) is 0 Å². The van der Waals surface area contributed by atoms with Crippen LogP contribution in [0.1, 0.15) is 71.6 Å². The second-order valence-corrected chi connectivity index (χ2v) is 6.72. The summed E-state index contributed by atoms with van der Waals surface area (Å²) in [6.45, 7) is 6.38. The molecule has 1 saturated carbocycles. The summed E-state index contributed by atoms with van der Waals surface area (Å²) in [4.78, 5) is 0. The van der Waals surface area contributed by atoms with Crippen LogP contribution in [0.2, 0.25) is 0 Å². The normalized spacial score (nSPS) is 19.8. The fourth-order valence-corrected chi connectivity index (χ4v) is 2.83. The molecule has 1 unspecified atom stereocenters. The van der Waals surface area contributed by atoms with Gasteiger partial charge in [0, 0.05) is 19.2 Å². The highest BCUT2D eigenvalue weighted by molar-refractivity contribution is 4.71. The van der Waals surface area contributed by atoms with Crippen LogP contribution >= 0.6 is 0 Å². The highest BCUT2D eigenvalue weighted by Gasteiger charge is 2.12. The molecule has 20 heavy (non-hydrogen) atoms. The Bertz CT molecular complexity index is 213. The smallest absolute Gasteiger partial charge is 0.0897 e. The van der Waals surface area contributed by atoms with E-state index >= 15 is 0 Å². The van der Waals surface area contributed by atoms with Gasteiger partial charge >= 0.3 is 0 Å². The van der Waals surface area contributed by atoms with Crippen LogP contribution in [0.25, 0.3) is 0 Å². The maximum Gasteiger partial charge on any atom is 0.0897 e. The molecule has 3 nitrogen and oxygen atoms in total. The predicted octanol–water partition coefficient (Wildman–Crippen LogP) is 3.50. The summed E-state index contributed by atoms with van der Waals surface area (Å²) in [5.41, 5.74) is 0. The van der Waals surface area contributed by atoms with Crippen molar-refractivity contribution in [1.82, 2.24) is 5.32 Å². The third kappa shape index (κ3) is 9.73. The van der Waals surface area contributed by atoms with E-state index in [9.17, 15) is 5.11 Å². The van der Waals surface area contributed by atoms with Crippen LogP contribution in [0.5, 0.6) is 0 Å². The van der Waals surface area contributed by atoms with Gasteiger partial charge in [-0.1, -0.05) is 46.0 Å². The molecule has 0 aliphatic heterocycles. The lowest BCUT2D eigenvalue weighted by molar-refractivity contribution is 0.0330. The Morgan fingerprint density at radius 2 is 1.75 bits per heavy atom. The highest BCUT2D eigenvalue weighted by Crippen LogP contribution is 2.16. The maximum absolute atomic E-state index is 9.93. The fraction of sp³-hybridized carbons (Fsp3) is 1.00. The summed E-state index contributed by atoms with van der Waals surface area (Å²) >= 11 is 0. The molecular weight excluding hydrogens is 250 g/mol. The van der Waals surface area contributed by atoms with Gasteiger partial charge in [-0.05, 0) is 31.6 Å². The Labute approximate surface area is 125 Å². The van der Waals surface area contributed by atoms with Crippen LogP contribution in [0.4, 0.5) is 0 Å². The Kier molecular flexibility index (Phi) is 10.3. The van der Waals surface area contributed by atoms with Crippen molar-refractivity contribution >= 4 is 0 Å². The first-order chi connectivity index (χ1) is 9.68. The van der Waals surface area contributed by atoms with Gasteiger partial charge < -0.3 is 15.2 Å². The molecule has 0 bridgehead atoms. The van der Waals surface area contributed by atoms with Gasteiger partial charge in [0.05, 0.1) is 12.7 Å². The summed E-state index contributed by atoms with van der Waals surface area (Å²) < 4.78 is 5.54. The van der Waals surface area contributed by atoms with Crippen molar-refractivity contribution in [1.29, 1.82) is 0 Å². The van der Waals surface area contributed by atoms with Crippen LogP contribution in [0.3, 0.4) is 0 Å². The number of rotatable bonds is 9. The number of hydrogen-bond donors (Lipinski definition) is 2. The summed E-state index contributed by atoms with van der Waals surface area (Å²) in [5.74, 6) is 0.740. The van der Waals surface area contributed by atoms with Gasteiger partial charge in [0.15, 0.2) is 0 Å². The molecule has 0 aromatic rings. The van der Waals surface area contributed by atoms with Crippen LogP contribution in [-0.4, -0.2) is 37.0 Å². The molecule has 0 amide bonds. The minimum absolute atomic E-state index is 0.362. The zero-order valence-electron chi connectivity index (χ0n) is 13.6. The Morgan fingerprint density at radius 3 is 2.40 bits per heavy atom. The summed E-state index contributed by atoms with van der Waals surface area (Å²) in [7, 11) is 0. The quantitative estimate of drug-likeness (QED) is 0.637. The van der Waals surface area contributed by atoms with Gasteiger partial charge in [-0.25, -0.2) is 0 Å². The zero-order chi connectivity index (χ0) is 14.6.